The quantitative estimate of drug-likeness (QED) is 0.715. The van der Waals surface area contributed by atoms with E-state index in [1.807, 2.05) is 30.3 Å². The average molecular weight is 329 g/mol. The van der Waals surface area contributed by atoms with Crippen molar-refractivity contribution in [3.63, 3.8) is 0 Å². The van der Waals surface area contributed by atoms with Crippen LogP contribution in [0.1, 0.15) is 0 Å². The summed E-state index contributed by atoms with van der Waals surface area (Å²) < 4.78 is 6.22. The van der Waals surface area contributed by atoms with E-state index in [2.05, 4.69) is 33.0 Å². The Bertz CT molecular complexity index is 772. The van der Waals surface area contributed by atoms with Crippen LogP contribution in [0, 0.1) is 0 Å². The van der Waals surface area contributed by atoms with E-state index in [0.717, 1.165) is 26.5 Å². The predicted molar refractivity (Wildman–Crippen MR) is 85.8 cm³/mol. The monoisotopic (exact) mass is 328 g/mol. The first-order chi connectivity index (χ1) is 9.72. The Morgan fingerprint density at radius 2 is 1.90 bits per heavy atom. The maximum Gasteiger partial charge on any atom is 0.146 e. The maximum absolute atomic E-state index is 6.24. The second-order valence-corrected chi connectivity index (χ2v) is 5.28. The molecule has 0 saturated carbocycles. The van der Waals surface area contributed by atoms with Crippen molar-refractivity contribution in [2.75, 3.05) is 12.8 Å². The Hall–Kier alpha value is -2.07. The van der Waals surface area contributed by atoms with E-state index in [1.165, 1.54) is 0 Å². The van der Waals surface area contributed by atoms with Gasteiger partial charge in [0.1, 0.15) is 11.3 Å². The van der Waals surface area contributed by atoms with E-state index >= 15 is 0 Å². The topological polar surface area (TPSA) is 48.1 Å². The molecule has 4 heteroatoms. The first-order valence-electron chi connectivity index (χ1n) is 6.18. The van der Waals surface area contributed by atoms with Gasteiger partial charge in [-0.15, -0.1) is 0 Å². The van der Waals surface area contributed by atoms with Crippen molar-refractivity contribution in [2.24, 2.45) is 0 Å². The smallest absolute Gasteiger partial charge is 0.146 e. The Labute approximate surface area is 125 Å². The molecule has 0 saturated heterocycles. The van der Waals surface area contributed by atoms with Crippen molar-refractivity contribution >= 4 is 32.5 Å². The minimum Gasteiger partial charge on any atom is -0.494 e. The zero-order chi connectivity index (χ0) is 14.1. The summed E-state index contributed by atoms with van der Waals surface area (Å²) in [5, 5.41) is 0.907. The van der Waals surface area contributed by atoms with Crippen molar-refractivity contribution < 1.29 is 4.74 Å². The second kappa shape index (κ2) is 5.13. The second-order valence-electron chi connectivity index (χ2n) is 4.42. The van der Waals surface area contributed by atoms with Gasteiger partial charge in [-0.2, -0.15) is 0 Å². The number of methoxy groups -OCH3 is 1. The molecule has 3 rings (SSSR count). The number of hydrogen-bond donors (Lipinski definition) is 1. The maximum atomic E-state index is 6.24. The van der Waals surface area contributed by atoms with Gasteiger partial charge in [0.15, 0.2) is 0 Å². The molecular weight excluding hydrogens is 316 g/mol. The molecule has 20 heavy (non-hydrogen) atoms. The molecule has 0 radical (unpaired) electrons. The van der Waals surface area contributed by atoms with Gasteiger partial charge in [0.2, 0.25) is 0 Å². The number of hydrogen-bond acceptors (Lipinski definition) is 3. The van der Waals surface area contributed by atoms with E-state index in [0.29, 0.717) is 11.4 Å². The van der Waals surface area contributed by atoms with Crippen LogP contribution in [-0.2, 0) is 0 Å². The Morgan fingerprint density at radius 3 is 2.60 bits per heavy atom. The van der Waals surface area contributed by atoms with Crippen LogP contribution in [-0.4, -0.2) is 12.1 Å². The summed E-state index contributed by atoms with van der Waals surface area (Å²) in [7, 11) is 1.63. The summed E-state index contributed by atoms with van der Waals surface area (Å²) in [5.74, 6) is 0.707. The van der Waals surface area contributed by atoms with E-state index < -0.39 is 0 Å². The highest BCUT2D eigenvalue weighted by atomic mass is 79.9. The summed E-state index contributed by atoms with van der Waals surface area (Å²) in [5.41, 5.74) is 9.84. The third-order valence-corrected chi connectivity index (χ3v) is 3.93. The van der Waals surface area contributed by atoms with E-state index in [1.54, 1.807) is 13.3 Å². The van der Waals surface area contributed by atoms with Crippen LogP contribution in [0.15, 0.2) is 53.1 Å². The number of pyridine rings is 1. The average Bonchev–Trinajstić information content (AvgIpc) is 2.51. The molecule has 0 aliphatic heterocycles. The number of halogens is 1. The van der Waals surface area contributed by atoms with Crippen LogP contribution < -0.4 is 10.5 Å². The molecule has 0 unspecified atom stereocenters. The first-order valence-corrected chi connectivity index (χ1v) is 6.97. The van der Waals surface area contributed by atoms with E-state index in [9.17, 15) is 0 Å². The molecule has 2 N–H and O–H groups in total. The fourth-order valence-corrected chi connectivity index (χ4v) is 2.72. The summed E-state index contributed by atoms with van der Waals surface area (Å²) in [6.45, 7) is 0. The van der Waals surface area contributed by atoms with Gasteiger partial charge in [-0.3, -0.25) is 4.98 Å². The summed E-state index contributed by atoms with van der Waals surface area (Å²) >= 11 is 3.48. The van der Waals surface area contributed by atoms with Crippen LogP contribution in [0.25, 0.3) is 22.0 Å². The molecule has 0 spiro atoms. The molecule has 0 bridgehead atoms. The Morgan fingerprint density at radius 1 is 1.15 bits per heavy atom. The fourth-order valence-electron chi connectivity index (χ4n) is 2.32. The third kappa shape index (κ3) is 2.02. The third-order valence-electron chi connectivity index (χ3n) is 3.27. The SMILES string of the molecule is COc1cc(Br)c(N)c2c(-c3ccccc3)ccnc12. The zero-order valence-corrected chi connectivity index (χ0v) is 12.5. The molecule has 0 aliphatic rings. The fraction of sp³-hybridized carbons (Fsp3) is 0.0625. The van der Waals surface area contributed by atoms with Crippen molar-refractivity contribution in [3.05, 3.63) is 53.1 Å². The molecule has 0 atom stereocenters. The highest BCUT2D eigenvalue weighted by Gasteiger charge is 2.14. The molecule has 1 aromatic heterocycles. The number of aromatic nitrogens is 1. The lowest BCUT2D eigenvalue weighted by Crippen LogP contribution is -1.96. The Balaban J connectivity index is 2.43. The van der Waals surface area contributed by atoms with Gasteiger partial charge in [0.25, 0.3) is 0 Å². The summed E-state index contributed by atoms with van der Waals surface area (Å²) in [6.07, 6.45) is 1.78. The highest BCUT2D eigenvalue weighted by molar-refractivity contribution is 9.10. The number of benzene rings is 2. The minimum atomic E-state index is 0.674. The number of nitrogen functional groups attached to an aromatic ring is 1. The van der Waals surface area contributed by atoms with Crippen LogP contribution >= 0.6 is 15.9 Å². The lowest BCUT2D eigenvalue weighted by Gasteiger charge is -2.13. The highest BCUT2D eigenvalue weighted by Crippen LogP contribution is 2.40. The number of anilines is 1. The van der Waals surface area contributed by atoms with Crippen LogP contribution in [0.5, 0.6) is 5.75 Å². The van der Waals surface area contributed by atoms with Gasteiger partial charge in [0, 0.05) is 16.1 Å². The van der Waals surface area contributed by atoms with Crippen molar-refractivity contribution in [1.29, 1.82) is 0 Å². The van der Waals surface area contributed by atoms with Gasteiger partial charge in [-0.05, 0) is 39.2 Å². The summed E-state index contributed by atoms with van der Waals surface area (Å²) in [6, 6.07) is 13.9. The number of nitrogens with zero attached hydrogens (tertiary/aromatic N) is 1. The van der Waals surface area contributed by atoms with Crippen LogP contribution in [0.3, 0.4) is 0 Å². The molecule has 1 heterocycles. The van der Waals surface area contributed by atoms with E-state index in [-0.39, 0.29) is 0 Å². The molecule has 100 valence electrons. The molecule has 0 fully saturated rings. The van der Waals surface area contributed by atoms with Gasteiger partial charge >= 0.3 is 0 Å². The van der Waals surface area contributed by atoms with Crippen LogP contribution in [0.4, 0.5) is 5.69 Å². The Kier molecular flexibility index (Phi) is 3.32. The molecule has 0 aliphatic carbocycles. The standard InChI is InChI=1S/C16H13BrN2O/c1-20-13-9-12(17)15(18)14-11(7-8-19-16(13)14)10-5-3-2-4-6-10/h2-9H,18H2,1H3. The zero-order valence-electron chi connectivity index (χ0n) is 10.9. The van der Waals surface area contributed by atoms with E-state index in [4.69, 9.17) is 10.5 Å². The predicted octanol–water partition coefficient (Wildman–Crippen LogP) is 4.26. The molecule has 2 aromatic carbocycles. The van der Waals surface area contributed by atoms with Gasteiger partial charge in [-0.1, -0.05) is 30.3 Å². The van der Waals surface area contributed by atoms with Gasteiger partial charge in [-0.25, -0.2) is 0 Å². The number of nitrogens with two attached hydrogens (primary N) is 1. The van der Waals surface area contributed by atoms with Crippen molar-refractivity contribution in [1.82, 2.24) is 4.98 Å². The molecule has 3 nitrogen and oxygen atoms in total. The van der Waals surface area contributed by atoms with Gasteiger partial charge in [0.05, 0.1) is 12.8 Å². The largest absolute Gasteiger partial charge is 0.494 e. The van der Waals surface area contributed by atoms with Crippen LogP contribution in [0.2, 0.25) is 0 Å². The summed E-state index contributed by atoms with van der Waals surface area (Å²) in [4.78, 5) is 4.41. The molecular formula is C16H13BrN2O. The van der Waals surface area contributed by atoms with Gasteiger partial charge < -0.3 is 10.5 Å². The number of rotatable bonds is 2. The normalized spacial score (nSPS) is 10.7. The number of fused-ring (bicyclic) bond motifs is 1. The molecule has 3 aromatic rings. The minimum absolute atomic E-state index is 0.674. The lowest BCUT2D eigenvalue weighted by atomic mass is 10.00. The van der Waals surface area contributed by atoms with Crippen molar-refractivity contribution in [3.8, 4) is 16.9 Å². The van der Waals surface area contributed by atoms with Crippen molar-refractivity contribution in [2.45, 2.75) is 0 Å². The number of ether oxygens (including phenoxy) is 1. The molecule has 0 amide bonds. The first kappa shape index (κ1) is 12.9. The lowest BCUT2D eigenvalue weighted by molar-refractivity contribution is 0.418.